The van der Waals surface area contributed by atoms with E-state index in [1.54, 1.807) is 23.1 Å². The van der Waals surface area contributed by atoms with Crippen LogP contribution >= 0.6 is 11.6 Å². The number of hydrogen-bond acceptors (Lipinski definition) is 2. The molecule has 26 heavy (non-hydrogen) atoms. The molecule has 1 unspecified atom stereocenters. The lowest BCUT2D eigenvalue weighted by Gasteiger charge is -2.16. The SMILES string of the molecule is O=C(NCc1ccccc1F)C1CC(=O)N(CCc2cccc(Cl)c2)C1. The molecule has 1 heterocycles. The van der Waals surface area contributed by atoms with E-state index in [0.717, 1.165) is 5.56 Å². The van der Waals surface area contributed by atoms with E-state index in [-0.39, 0.29) is 30.6 Å². The normalized spacial score (nSPS) is 16.8. The molecule has 0 radical (unpaired) electrons. The van der Waals surface area contributed by atoms with Crippen molar-refractivity contribution in [1.82, 2.24) is 10.2 Å². The van der Waals surface area contributed by atoms with Gasteiger partial charge in [-0.05, 0) is 30.2 Å². The van der Waals surface area contributed by atoms with Gasteiger partial charge < -0.3 is 10.2 Å². The molecule has 136 valence electrons. The second-order valence-electron chi connectivity index (χ2n) is 6.43. The van der Waals surface area contributed by atoms with Crippen LogP contribution in [0.5, 0.6) is 0 Å². The number of nitrogens with zero attached hydrogens (tertiary/aromatic N) is 1. The fourth-order valence-corrected chi connectivity index (χ4v) is 3.30. The van der Waals surface area contributed by atoms with Crippen molar-refractivity contribution in [3.63, 3.8) is 0 Å². The van der Waals surface area contributed by atoms with Gasteiger partial charge in [-0.1, -0.05) is 41.9 Å². The van der Waals surface area contributed by atoms with E-state index in [1.165, 1.54) is 6.07 Å². The van der Waals surface area contributed by atoms with Crippen molar-refractivity contribution in [3.05, 3.63) is 70.5 Å². The lowest BCUT2D eigenvalue weighted by Crippen LogP contribution is -2.33. The van der Waals surface area contributed by atoms with Gasteiger partial charge in [-0.3, -0.25) is 9.59 Å². The molecule has 0 spiro atoms. The minimum Gasteiger partial charge on any atom is -0.352 e. The van der Waals surface area contributed by atoms with E-state index in [0.29, 0.717) is 30.1 Å². The maximum absolute atomic E-state index is 13.6. The highest BCUT2D eigenvalue weighted by molar-refractivity contribution is 6.30. The van der Waals surface area contributed by atoms with Crippen LogP contribution < -0.4 is 5.32 Å². The molecule has 0 saturated carbocycles. The van der Waals surface area contributed by atoms with Crippen molar-refractivity contribution in [3.8, 4) is 0 Å². The Morgan fingerprint density at radius 2 is 2.04 bits per heavy atom. The summed E-state index contributed by atoms with van der Waals surface area (Å²) >= 11 is 5.97. The first kappa shape index (κ1) is 18.4. The largest absolute Gasteiger partial charge is 0.352 e. The lowest BCUT2D eigenvalue weighted by atomic mass is 10.1. The van der Waals surface area contributed by atoms with Crippen molar-refractivity contribution in [1.29, 1.82) is 0 Å². The molecule has 4 nitrogen and oxygen atoms in total. The Morgan fingerprint density at radius 3 is 2.81 bits per heavy atom. The summed E-state index contributed by atoms with van der Waals surface area (Å²) < 4.78 is 13.6. The summed E-state index contributed by atoms with van der Waals surface area (Å²) in [6, 6.07) is 13.8. The number of halogens is 2. The van der Waals surface area contributed by atoms with Crippen LogP contribution in [0.2, 0.25) is 5.02 Å². The number of benzene rings is 2. The Bertz CT molecular complexity index is 812. The number of amides is 2. The minimum atomic E-state index is -0.395. The molecule has 6 heteroatoms. The lowest BCUT2D eigenvalue weighted by molar-refractivity contribution is -0.129. The van der Waals surface area contributed by atoms with Gasteiger partial charge in [0.05, 0.1) is 5.92 Å². The van der Waals surface area contributed by atoms with Gasteiger partial charge in [-0.15, -0.1) is 0 Å². The summed E-state index contributed by atoms with van der Waals surface area (Å²) in [6.07, 6.45) is 0.883. The van der Waals surface area contributed by atoms with Crippen LogP contribution in [-0.2, 0) is 22.6 Å². The van der Waals surface area contributed by atoms with Gasteiger partial charge in [0.25, 0.3) is 0 Å². The van der Waals surface area contributed by atoms with Crippen LogP contribution in [0.25, 0.3) is 0 Å². The third kappa shape index (κ3) is 4.61. The van der Waals surface area contributed by atoms with Gasteiger partial charge in [-0.2, -0.15) is 0 Å². The van der Waals surface area contributed by atoms with Gasteiger partial charge in [0, 0.05) is 36.6 Å². The van der Waals surface area contributed by atoms with Crippen LogP contribution in [0.1, 0.15) is 17.5 Å². The highest BCUT2D eigenvalue weighted by Gasteiger charge is 2.33. The average molecular weight is 375 g/mol. The van der Waals surface area contributed by atoms with Crippen molar-refractivity contribution in [2.45, 2.75) is 19.4 Å². The van der Waals surface area contributed by atoms with E-state index < -0.39 is 5.92 Å². The Kier molecular flexibility index (Phi) is 5.89. The van der Waals surface area contributed by atoms with E-state index in [2.05, 4.69) is 5.32 Å². The van der Waals surface area contributed by atoms with Crippen molar-refractivity contribution < 1.29 is 14.0 Å². The molecule has 2 aromatic carbocycles. The Labute approximate surface area is 157 Å². The smallest absolute Gasteiger partial charge is 0.225 e. The second kappa shape index (κ2) is 8.32. The van der Waals surface area contributed by atoms with Crippen LogP contribution in [0.15, 0.2) is 48.5 Å². The van der Waals surface area contributed by atoms with Crippen LogP contribution in [0, 0.1) is 11.7 Å². The molecular weight excluding hydrogens is 355 g/mol. The van der Waals surface area contributed by atoms with E-state index in [1.807, 2.05) is 24.3 Å². The molecule has 3 rings (SSSR count). The quantitative estimate of drug-likeness (QED) is 0.844. The molecule has 2 aromatic rings. The number of carbonyl (C=O) groups excluding carboxylic acids is 2. The van der Waals surface area contributed by atoms with E-state index >= 15 is 0 Å². The topological polar surface area (TPSA) is 49.4 Å². The fourth-order valence-electron chi connectivity index (χ4n) is 3.09. The van der Waals surface area contributed by atoms with Crippen molar-refractivity contribution >= 4 is 23.4 Å². The highest BCUT2D eigenvalue weighted by Crippen LogP contribution is 2.19. The van der Waals surface area contributed by atoms with Gasteiger partial charge in [0.2, 0.25) is 11.8 Å². The Morgan fingerprint density at radius 1 is 1.23 bits per heavy atom. The first-order chi connectivity index (χ1) is 12.5. The zero-order chi connectivity index (χ0) is 18.5. The number of rotatable bonds is 6. The third-order valence-corrected chi connectivity index (χ3v) is 4.79. The maximum Gasteiger partial charge on any atom is 0.225 e. The van der Waals surface area contributed by atoms with Gasteiger partial charge >= 0.3 is 0 Å². The molecule has 1 atom stereocenters. The maximum atomic E-state index is 13.6. The molecule has 1 aliphatic rings. The first-order valence-electron chi connectivity index (χ1n) is 8.56. The second-order valence-corrected chi connectivity index (χ2v) is 6.87. The number of nitrogens with one attached hydrogen (secondary N) is 1. The van der Waals surface area contributed by atoms with Crippen LogP contribution in [0.3, 0.4) is 0 Å². The monoisotopic (exact) mass is 374 g/mol. The van der Waals surface area contributed by atoms with Crippen LogP contribution in [0.4, 0.5) is 4.39 Å². The molecule has 1 N–H and O–H groups in total. The predicted molar refractivity (Wildman–Crippen MR) is 98.1 cm³/mol. The van der Waals surface area contributed by atoms with Gasteiger partial charge in [-0.25, -0.2) is 4.39 Å². The summed E-state index contributed by atoms with van der Waals surface area (Å²) in [5.41, 5.74) is 1.49. The zero-order valence-electron chi connectivity index (χ0n) is 14.3. The highest BCUT2D eigenvalue weighted by atomic mass is 35.5. The summed E-state index contributed by atoms with van der Waals surface area (Å²) in [6.45, 7) is 1.07. The Hall–Kier alpha value is -2.40. The molecule has 0 aromatic heterocycles. The molecule has 2 amide bonds. The van der Waals surface area contributed by atoms with Crippen molar-refractivity contribution in [2.75, 3.05) is 13.1 Å². The number of carbonyl (C=O) groups is 2. The number of hydrogen-bond donors (Lipinski definition) is 1. The third-order valence-electron chi connectivity index (χ3n) is 4.56. The summed E-state index contributed by atoms with van der Waals surface area (Å²) in [5.74, 6) is -0.989. The standard InChI is InChI=1S/C20H20ClFN2O2/c21-17-6-3-4-14(10-17)8-9-24-13-16(11-19(24)25)20(26)23-12-15-5-1-2-7-18(15)22/h1-7,10,16H,8-9,11-13H2,(H,23,26). The number of likely N-dealkylation sites (tertiary alicyclic amines) is 1. The first-order valence-corrected chi connectivity index (χ1v) is 8.94. The average Bonchev–Trinajstić information content (AvgIpc) is 3.00. The molecular formula is C20H20ClFN2O2. The minimum absolute atomic E-state index is 0.0296. The fraction of sp³-hybridized carbons (Fsp3) is 0.300. The van der Waals surface area contributed by atoms with Crippen molar-refractivity contribution in [2.24, 2.45) is 5.92 Å². The van der Waals surface area contributed by atoms with E-state index in [4.69, 9.17) is 11.6 Å². The van der Waals surface area contributed by atoms with Crippen LogP contribution in [-0.4, -0.2) is 29.8 Å². The molecule has 1 saturated heterocycles. The van der Waals surface area contributed by atoms with Gasteiger partial charge in [0.1, 0.15) is 5.82 Å². The predicted octanol–water partition coefficient (Wildman–Crippen LogP) is 3.19. The summed E-state index contributed by atoms with van der Waals surface area (Å²) in [7, 11) is 0. The Balaban J connectivity index is 1.50. The molecule has 0 bridgehead atoms. The summed E-state index contributed by atoms with van der Waals surface area (Å²) in [5, 5.41) is 3.40. The van der Waals surface area contributed by atoms with E-state index in [9.17, 15) is 14.0 Å². The molecule has 1 fully saturated rings. The zero-order valence-corrected chi connectivity index (χ0v) is 15.0. The van der Waals surface area contributed by atoms with Gasteiger partial charge in [0.15, 0.2) is 0 Å². The summed E-state index contributed by atoms with van der Waals surface area (Å²) in [4.78, 5) is 26.2. The molecule has 0 aliphatic carbocycles. The molecule has 1 aliphatic heterocycles.